The van der Waals surface area contributed by atoms with Crippen LogP contribution >= 0.6 is 23.2 Å². The van der Waals surface area contributed by atoms with Crippen LogP contribution in [0.4, 0.5) is 24.5 Å². The number of piperazine rings is 1. The Labute approximate surface area is 221 Å². The number of rotatable bonds is 7. The minimum Gasteiger partial charge on any atom is -0.478 e. The molecule has 0 aliphatic carbocycles. The molecular formula is C22H24Cl2F3N3O6S. The lowest BCUT2D eigenvalue weighted by Gasteiger charge is -2.37. The number of benzene rings is 2. The Morgan fingerprint density at radius 1 is 1.00 bits per heavy atom. The molecule has 0 atom stereocenters. The number of hydrogen-bond acceptors (Lipinski definition) is 6. The van der Waals surface area contributed by atoms with Crippen molar-refractivity contribution in [2.75, 3.05) is 42.3 Å². The third-order valence-electron chi connectivity index (χ3n) is 5.18. The minimum atomic E-state index is -5.08. The van der Waals surface area contributed by atoms with Crippen LogP contribution in [-0.2, 0) is 14.8 Å². The number of sulfonamides is 1. The molecule has 204 valence electrons. The summed E-state index contributed by atoms with van der Waals surface area (Å²) in [5, 5.41) is 16.8. The van der Waals surface area contributed by atoms with Crippen LogP contribution in [0.15, 0.2) is 41.3 Å². The van der Waals surface area contributed by atoms with Crippen molar-refractivity contribution < 1.29 is 41.4 Å². The molecule has 3 rings (SSSR count). The van der Waals surface area contributed by atoms with Gasteiger partial charge >= 0.3 is 18.1 Å². The molecular weight excluding hydrogens is 562 g/mol. The van der Waals surface area contributed by atoms with E-state index in [1.807, 2.05) is 0 Å². The highest BCUT2D eigenvalue weighted by Gasteiger charge is 2.38. The number of hydrogen-bond donors (Lipinski definition) is 3. The summed E-state index contributed by atoms with van der Waals surface area (Å²) in [7, 11) is -4.00. The molecule has 0 spiro atoms. The van der Waals surface area contributed by atoms with Crippen LogP contribution in [0.3, 0.4) is 0 Å². The minimum absolute atomic E-state index is 0.00444. The molecule has 0 radical (unpaired) electrons. The molecule has 3 N–H and O–H groups in total. The largest absolute Gasteiger partial charge is 0.490 e. The van der Waals surface area contributed by atoms with Crippen molar-refractivity contribution in [2.45, 2.75) is 24.4 Å². The predicted molar refractivity (Wildman–Crippen MR) is 133 cm³/mol. The van der Waals surface area contributed by atoms with E-state index in [-0.39, 0.29) is 26.2 Å². The van der Waals surface area contributed by atoms with Crippen LogP contribution in [0.1, 0.15) is 23.7 Å². The second-order valence-electron chi connectivity index (χ2n) is 7.85. The molecule has 1 fully saturated rings. The average molecular weight is 586 g/mol. The Bertz CT molecular complexity index is 1240. The van der Waals surface area contributed by atoms with Gasteiger partial charge in [0.1, 0.15) is 0 Å². The Morgan fingerprint density at radius 3 is 2.08 bits per heavy atom. The van der Waals surface area contributed by atoms with Crippen LogP contribution in [-0.4, -0.2) is 74.4 Å². The van der Waals surface area contributed by atoms with Gasteiger partial charge in [-0.05, 0) is 49.4 Å². The smallest absolute Gasteiger partial charge is 0.478 e. The van der Waals surface area contributed by atoms with E-state index in [1.54, 1.807) is 6.07 Å². The van der Waals surface area contributed by atoms with Gasteiger partial charge in [0, 0.05) is 26.2 Å². The van der Waals surface area contributed by atoms with Gasteiger partial charge in [0.2, 0.25) is 0 Å². The lowest BCUT2D eigenvalue weighted by Crippen LogP contribution is -2.46. The Balaban J connectivity index is 0.000000604. The van der Waals surface area contributed by atoms with E-state index < -0.39 is 28.1 Å². The van der Waals surface area contributed by atoms with E-state index in [2.05, 4.69) is 21.4 Å². The first kappa shape index (κ1) is 30.5. The van der Waals surface area contributed by atoms with E-state index in [4.69, 9.17) is 33.1 Å². The summed E-state index contributed by atoms with van der Waals surface area (Å²) in [6.07, 6.45) is -4.01. The SMILES string of the molecule is CCCN1CCN(c2ccc(C(=O)O)cc2NS(=O)(=O)c2ccc(Cl)c(Cl)c2)CC1.O=C(O)C(F)(F)F. The Hall–Kier alpha value is -2.74. The first-order chi connectivity index (χ1) is 17.2. The zero-order valence-corrected chi connectivity index (χ0v) is 21.8. The predicted octanol–water partition coefficient (Wildman–Crippen LogP) is 4.66. The third-order valence-corrected chi connectivity index (χ3v) is 7.29. The highest BCUT2D eigenvalue weighted by atomic mass is 35.5. The summed E-state index contributed by atoms with van der Waals surface area (Å²) in [5.74, 6) is -3.89. The van der Waals surface area contributed by atoms with Gasteiger partial charge < -0.3 is 15.1 Å². The fourth-order valence-corrected chi connectivity index (χ4v) is 4.86. The second kappa shape index (κ2) is 12.7. The summed E-state index contributed by atoms with van der Waals surface area (Å²) in [5.41, 5.74) is 0.847. The summed E-state index contributed by atoms with van der Waals surface area (Å²) in [6, 6.07) is 8.47. The lowest BCUT2D eigenvalue weighted by molar-refractivity contribution is -0.192. The fraction of sp³-hybridized carbons (Fsp3) is 0.364. The van der Waals surface area contributed by atoms with Gasteiger partial charge in [0.25, 0.3) is 10.0 Å². The molecule has 1 heterocycles. The molecule has 1 aliphatic heterocycles. The monoisotopic (exact) mass is 585 g/mol. The topological polar surface area (TPSA) is 127 Å². The van der Waals surface area contributed by atoms with E-state index in [0.29, 0.717) is 18.8 Å². The van der Waals surface area contributed by atoms with Crippen LogP contribution in [0.2, 0.25) is 10.0 Å². The quantitative estimate of drug-likeness (QED) is 0.428. The molecule has 0 saturated carbocycles. The molecule has 1 saturated heterocycles. The molecule has 2 aromatic carbocycles. The van der Waals surface area contributed by atoms with Gasteiger partial charge in [-0.2, -0.15) is 13.2 Å². The Morgan fingerprint density at radius 2 is 1.59 bits per heavy atom. The molecule has 9 nitrogen and oxygen atoms in total. The maximum absolute atomic E-state index is 12.9. The van der Waals surface area contributed by atoms with Gasteiger partial charge in [-0.1, -0.05) is 30.1 Å². The number of aromatic carboxylic acids is 1. The van der Waals surface area contributed by atoms with Gasteiger partial charge in [-0.3, -0.25) is 9.62 Å². The van der Waals surface area contributed by atoms with Crippen LogP contribution in [0, 0.1) is 0 Å². The lowest BCUT2D eigenvalue weighted by atomic mass is 10.1. The van der Waals surface area contributed by atoms with E-state index in [0.717, 1.165) is 26.1 Å². The average Bonchev–Trinajstić information content (AvgIpc) is 2.81. The fourth-order valence-electron chi connectivity index (χ4n) is 3.40. The summed E-state index contributed by atoms with van der Waals surface area (Å²) in [6.45, 7) is 6.29. The van der Waals surface area contributed by atoms with Gasteiger partial charge in [0.15, 0.2) is 0 Å². The number of anilines is 2. The number of aliphatic carboxylic acids is 1. The second-order valence-corrected chi connectivity index (χ2v) is 10.3. The number of carbonyl (C=O) groups is 2. The maximum atomic E-state index is 12.9. The molecule has 2 aromatic rings. The van der Waals surface area contributed by atoms with Crippen molar-refractivity contribution in [2.24, 2.45) is 0 Å². The van der Waals surface area contributed by atoms with E-state index in [9.17, 15) is 31.5 Å². The highest BCUT2D eigenvalue weighted by Crippen LogP contribution is 2.32. The van der Waals surface area contributed by atoms with Crippen LogP contribution in [0.25, 0.3) is 0 Å². The molecule has 15 heteroatoms. The normalized spacial score (nSPS) is 14.5. The van der Waals surface area contributed by atoms with E-state index in [1.165, 1.54) is 30.3 Å². The molecule has 0 aromatic heterocycles. The highest BCUT2D eigenvalue weighted by molar-refractivity contribution is 7.92. The van der Waals surface area contributed by atoms with Crippen LogP contribution < -0.4 is 9.62 Å². The summed E-state index contributed by atoms with van der Waals surface area (Å²) < 4.78 is 60.1. The number of nitrogens with zero attached hydrogens (tertiary/aromatic N) is 2. The molecule has 0 bridgehead atoms. The number of alkyl halides is 3. The van der Waals surface area contributed by atoms with Crippen molar-refractivity contribution in [3.63, 3.8) is 0 Å². The van der Waals surface area contributed by atoms with Gasteiger partial charge in [-0.15, -0.1) is 0 Å². The van der Waals surface area contributed by atoms with Gasteiger partial charge in [0.05, 0.1) is 31.9 Å². The number of nitrogens with one attached hydrogen (secondary N) is 1. The first-order valence-electron chi connectivity index (χ1n) is 10.8. The van der Waals surface area contributed by atoms with Crippen molar-refractivity contribution in [3.05, 3.63) is 52.0 Å². The number of carboxylic acid groups (broad SMARTS) is 2. The molecule has 1 aliphatic rings. The van der Waals surface area contributed by atoms with Crippen LogP contribution in [0.5, 0.6) is 0 Å². The zero-order chi connectivity index (χ0) is 28.0. The Kier molecular flexibility index (Phi) is 10.4. The standard InChI is InChI=1S/C20H23Cl2N3O4S.C2HF3O2/c1-2-7-24-8-10-25(11-9-24)19-6-3-14(20(26)27)12-18(19)23-30(28,29)15-4-5-16(21)17(22)13-15;3-2(4,5)1(6)7/h3-6,12-13,23H,2,7-11H2,1H3,(H,26,27);(H,6,7). The molecule has 0 unspecified atom stereocenters. The third kappa shape index (κ3) is 8.66. The summed E-state index contributed by atoms with van der Waals surface area (Å²) in [4.78, 5) is 24.7. The van der Waals surface area contributed by atoms with Crippen molar-refractivity contribution in [1.29, 1.82) is 0 Å². The number of halogens is 5. The molecule has 37 heavy (non-hydrogen) atoms. The number of carboxylic acids is 2. The summed E-state index contributed by atoms with van der Waals surface area (Å²) >= 11 is 11.9. The van der Waals surface area contributed by atoms with Crippen molar-refractivity contribution >= 4 is 56.5 Å². The van der Waals surface area contributed by atoms with E-state index >= 15 is 0 Å². The maximum Gasteiger partial charge on any atom is 0.490 e. The van der Waals surface area contributed by atoms with Gasteiger partial charge in [-0.25, -0.2) is 18.0 Å². The first-order valence-corrected chi connectivity index (χ1v) is 13.0. The molecule has 0 amide bonds. The zero-order valence-electron chi connectivity index (χ0n) is 19.4. The van der Waals surface area contributed by atoms with Crippen molar-refractivity contribution in [3.8, 4) is 0 Å². The van der Waals surface area contributed by atoms with Crippen molar-refractivity contribution in [1.82, 2.24) is 4.90 Å².